The zero-order valence-electron chi connectivity index (χ0n) is 8.49. The van der Waals surface area contributed by atoms with E-state index in [9.17, 15) is 0 Å². The number of hydrogen-bond acceptors (Lipinski definition) is 2. The molecule has 0 amide bonds. The minimum absolute atomic E-state index is 0.822. The number of unbranched alkanes of at least 4 members (excludes halogenated alkanes) is 1. The molecule has 0 aromatic heterocycles. The largest absolute Gasteiger partial charge is 0.428 e. The first-order chi connectivity index (χ1) is 6.31. The fourth-order valence-corrected chi connectivity index (χ4v) is 1.03. The Hall–Kier alpha value is -0.803. The molecule has 1 aromatic rings. The number of benzene rings is 1. The van der Waals surface area contributed by atoms with Crippen LogP contribution in [0, 0.1) is 0 Å². The van der Waals surface area contributed by atoms with Crippen LogP contribution in [0.2, 0.25) is 0 Å². The van der Waals surface area contributed by atoms with E-state index < -0.39 is 0 Å². The molecule has 0 aliphatic heterocycles. The van der Waals surface area contributed by atoms with Crippen LogP contribution >= 0.6 is 0 Å². The van der Waals surface area contributed by atoms with Crippen LogP contribution in [0.5, 0.6) is 0 Å². The third kappa shape index (κ3) is 9.11. The predicted octanol–water partition coefficient (Wildman–Crippen LogP) is 1.35. The summed E-state index contributed by atoms with van der Waals surface area (Å²) in [6, 6.07) is 9.49. The summed E-state index contributed by atoms with van der Waals surface area (Å²) < 4.78 is 4.92. The normalized spacial score (nSPS) is 9.00. The van der Waals surface area contributed by atoms with Crippen LogP contribution in [0.25, 0.3) is 0 Å². The monoisotopic (exact) mass is 197 g/mol. The SMILES string of the molecule is CCCCO[SiH3].Nc1ccccc1. The van der Waals surface area contributed by atoms with Gasteiger partial charge in [0, 0.05) is 12.3 Å². The summed E-state index contributed by atoms with van der Waals surface area (Å²) in [5, 5.41) is 0. The Morgan fingerprint density at radius 3 is 2.15 bits per heavy atom. The fourth-order valence-electron chi connectivity index (χ4n) is 0.742. The van der Waals surface area contributed by atoms with Crippen LogP contribution in [0.4, 0.5) is 5.69 Å². The molecule has 0 bridgehead atoms. The minimum Gasteiger partial charge on any atom is -0.428 e. The van der Waals surface area contributed by atoms with Crippen molar-refractivity contribution in [1.29, 1.82) is 0 Å². The van der Waals surface area contributed by atoms with Crippen molar-refractivity contribution in [3.63, 3.8) is 0 Å². The van der Waals surface area contributed by atoms with Gasteiger partial charge >= 0.3 is 0 Å². The molecule has 0 unspecified atom stereocenters. The summed E-state index contributed by atoms with van der Waals surface area (Å²) in [6.45, 7) is 3.14. The highest BCUT2D eigenvalue weighted by molar-refractivity contribution is 5.97. The molecule has 0 aliphatic rings. The molecule has 1 aromatic carbocycles. The van der Waals surface area contributed by atoms with Crippen molar-refractivity contribution in [3.8, 4) is 0 Å². The van der Waals surface area contributed by atoms with Gasteiger partial charge in [-0.3, -0.25) is 0 Å². The highest BCUT2D eigenvalue weighted by Gasteiger charge is 1.74. The van der Waals surface area contributed by atoms with E-state index >= 15 is 0 Å². The summed E-state index contributed by atoms with van der Waals surface area (Å²) in [5.74, 6) is 0. The second-order valence-electron chi connectivity index (χ2n) is 2.76. The first-order valence-electron chi connectivity index (χ1n) is 4.60. The van der Waals surface area contributed by atoms with Crippen molar-refractivity contribution in [1.82, 2.24) is 0 Å². The summed E-state index contributed by atoms with van der Waals surface area (Å²) in [6.07, 6.45) is 2.48. The molecule has 1 rings (SSSR count). The highest BCUT2D eigenvalue weighted by atomic mass is 28.2. The topological polar surface area (TPSA) is 35.2 Å². The lowest BCUT2D eigenvalue weighted by atomic mass is 10.3. The van der Waals surface area contributed by atoms with Crippen molar-refractivity contribution >= 4 is 16.2 Å². The summed E-state index contributed by atoms with van der Waals surface area (Å²) in [7, 11) is 0.903. The van der Waals surface area contributed by atoms with Crippen LogP contribution in [0.1, 0.15) is 19.8 Å². The maximum Gasteiger partial charge on any atom is 0.145 e. The van der Waals surface area contributed by atoms with Crippen molar-refractivity contribution < 1.29 is 4.43 Å². The molecule has 0 atom stereocenters. The van der Waals surface area contributed by atoms with E-state index in [-0.39, 0.29) is 0 Å². The summed E-state index contributed by atoms with van der Waals surface area (Å²) >= 11 is 0. The van der Waals surface area contributed by atoms with E-state index in [1.54, 1.807) is 0 Å². The van der Waals surface area contributed by atoms with E-state index in [1.165, 1.54) is 12.8 Å². The first kappa shape index (κ1) is 12.2. The van der Waals surface area contributed by atoms with Gasteiger partial charge in [0.15, 0.2) is 0 Å². The van der Waals surface area contributed by atoms with E-state index in [1.807, 2.05) is 30.3 Å². The summed E-state index contributed by atoms with van der Waals surface area (Å²) in [5.41, 5.74) is 6.18. The van der Waals surface area contributed by atoms with Crippen LogP contribution in [0.3, 0.4) is 0 Å². The zero-order chi connectivity index (χ0) is 9.94. The molecular formula is C10H19NOSi. The maximum atomic E-state index is 5.36. The van der Waals surface area contributed by atoms with Gasteiger partial charge in [-0.25, -0.2) is 0 Å². The molecule has 0 aliphatic carbocycles. The Kier molecular flexibility index (Phi) is 8.71. The Labute approximate surface area is 83.6 Å². The highest BCUT2D eigenvalue weighted by Crippen LogP contribution is 1.95. The number of nitrogen functional groups attached to an aromatic ring is 1. The number of hydrogen-bond donors (Lipinski definition) is 1. The number of nitrogens with two attached hydrogens (primary N) is 1. The molecular weight excluding hydrogens is 178 g/mol. The number of para-hydroxylation sites is 1. The zero-order valence-corrected chi connectivity index (χ0v) is 10.5. The number of rotatable bonds is 3. The van der Waals surface area contributed by atoms with Gasteiger partial charge in [0.2, 0.25) is 0 Å². The van der Waals surface area contributed by atoms with Crippen molar-refractivity contribution in [2.75, 3.05) is 12.3 Å². The Bertz CT molecular complexity index is 187. The van der Waals surface area contributed by atoms with E-state index in [0.717, 1.165) is 22.8 Å². The molecule has 74 valence electrons. The van der Waals surface area contributed by atoms with Gasteiger partial charge in [-0.05, 0) is 18.6 Å². The first-order valence-corrected chi connectivity index (χ1v) is 5.42. The maximum absolute atomic E-state index is 5.36. The van der Waals surface area contributed by atoms with Crippen molar-refractivity contribution in [2.45, 2.75) is 19.8 Å². The van der Waals surface area contributed by atoms with Gasteiger partial charge < -0.3 is 10.2 Å². The second kappa shape index (κ2) is 9.29. The van der Waals surface area contributed by atoms with Crippen LogP contribution in [-0.4, -0.2) is 17.1 Å². The molecule has 3 heteroatoms. The fraction of sp³-hybridized carbons (Fsp3) is 0.400. The quantitative estimate of drug-likeness (QED) is 0.451. The van der Waals surface area contributed by atoms with Gasteiger partial charge in [-0.15, -0.1) is 0 Å². The standard InChI is InChI=1S/C6H7N.C4H12OSi/c7-6-4-2-1-3-5-6;1-2-3-4-5-6/h1-5H,7H2;2-4H2,1,6H3. The average Bonchev–Trinajstić information content (AvgIpc) is 2.17. The van der Waals surface area contributed by atoms with Crippen LogP contribution in [0.15, 0.2) is 30.3 Å². The third-order valence-corrected chi connectivity index (χ3v) is 1.91. The van der Waals surface area contributed by atoms with Crippen LogP contribution < -0.4 is 5.73 Å². The minimum atomic E-state index is 0.822. The van der Waals surface area contributed by atoms with Crippen molar-refractivity contribution in [3.05, 3.63) is 30.3 Å². The molecule has 2 N–H and O–H groups in total. The molecule has 0 saturated heterocycles. The molecule has 2 nitrogen and oxygen atoms in total. The lowest BCUT2D eigenvalue weighted by Crippen LogP contribution is -1.85. The van der Waals surface area contributed by atoms with Gasteiger partial charge in [0.05, 0.1) is 0 Å². The lowest BCUT2D eigenvalue weighted by Gasteiger charge is -1.90. The molecule has 0 heterocycles. The Morgan fingerprint density at radius 1 is 1.31 bits per heavy atom. The van der Waals surface area contributed by atoms with E-state index in [2.05, 4.69) is 6.92 Å². The van der Waals surface area contributed by atoms with E-state index in [4.69, 9.17) is 10.2 Å². The molecule has 0 saturated carbocycles. The molecule has 0 spiro atoms. The van der Waals surface area contributed by atoms with Gasteiger partial charge in [-0.2, -0.15) is 0 Å². The molecule has 0 fully saturated rings. The number of anilines is 1. The second-order valence-corrected chi connectivity index (χ2v) is 3.33. The predicted molar refractivity (Wildman–Crippen MR) is 61.7 cm³/mol. The lowest BCUT2D eigenvalue weighted by molar-refractivity contribution is 0.339. The van der Waals surface area contributed by atoms with Gasteiger partial charge in [0.25, 0.3) is 0 Å². The van der Waals surface area contributed by atoms with Gasteiger partial charge in [-0.1, -0.05) is 31.5 Å². The smallest absolute Gasteiger partial charge is 0.145 e. The molecule has 0 radical (unpaired) electrons. The van der Waals surface area contributed by atoms with Gasteiger partial charge in [0.1, 0.15) is 10.5 Å². The summed E-state index contributed by atoms with van der Waals surface area (Å²) in [4.78, 5) is 0. The molecule has 13 heavy (non-hydrogen) atoms. The van der Waals surface area contributed by atoms with E-state index in [0.29, 0.717) is 0 Å². The average molecular weight is 197 g/mol. The Morgan fingerprint density at radius 2 is 1.92 bits per heavy atom. The van der Waals surface area contributed by atoms with Crippen LogP contribution in [-0.2, 0) is 4.43 Å². The van der Waals surface area contributed by atoms with Crippen molar-refractivity contribution in [2.24, 2.45) is 0 Å². The Balaban J connectivity index is 0.000000226. The third-order valence-electron chi connectivity index (χ3n) is 1.50.